The Hall–Kier alpha value is -2.97. The van der Waals surface area contributed by atoms with E-state index in [2.05, 4.69) is 15.3 Å². The van der Waals surface area contributed by atoms with Gasteiger partial charge in [-0.05, 0) is 36.8 Å². The van der Waals surface area contributed by atoms with Crippen molar-refractivity contribution >= 4 is 17.2 Å². The van der Waals surface area contributed by atoms with Crippen molar-refractivity contribution < 1.29 is 14.3 Å². The monoisotopic (exact) mass is 438 g/mol. The van der Waals surface area contributed by atoms with E-state index < -0.39 is 0 Å². The van der Waals surface area contributed by atoms with E-state index in [1.165, 1.54) is 0 Å². The average molecular weight is 439 g/mol. The zero-order valence-corrected chi connectivity index (χ0v) is 18.6. The topological polar surface area (TPSA) is 67.8 Å². The molecule has 1 amide bonds. The molecule has 1 aliphatic rings. The van der Waals surface area contributed by atoms with E-state index in [0.29, 0.717) is 23.6 Å². The molecule has 1 aromatic carbocycles. The Morgan fingerprint density at radius 1 is 1.03 bits per heavy atom. The van der Waals surface area contributed by atoms with Gasteiger partial charge in [0.25, 0.3) is 5.91 Å². The number of nitrogens with zero attached hydrogens (tertiary/aromatic N) is 4. The minimum absolute atomic E-state index is 0.0775. The lowest BCUT2D eigenvalue weighted by molar-refractivity contribution is 0.0761. The second kappa shape index (κ2) is 9.89. The molecule has 0 radical (unpaired) electrons. The van der Waals surface area contributed by atoms with Gasteiger partial charge < -0.3 is 14.4 Å². The largest absolute Gasteiger partial charge is 0.493 e. The van der Waals surface area contributed by atoms with Gasteiger partial charge in [0.2, 0.25) is 0 Å². The highest BCUT2D eigenvalue weighted by atomic mass is 32.1. The van der Waals surface area contributed by atoms with Gasteiger partial charge in [0.1, 0.15) is 5.01 Å². The fourth-order valence-electron chi connectivity index (χ4n) is 3.72. The molecule has 0 saturated carbocycles. The van der Waals surface area contributed by atoms with Gasteiger partial charge in [-0.3, -0.25) is 14.7 Å². The lowest BCUT2D eigenvalue weighted by atomic mass is 10.2. The van der Waals surface area contributed by atoms with Crippen molar-refractivity contribution in [3.05, 3.63) is 59.4 Å². The van der Waals surface area contributed by atoms with E-state index in [1.807, 2.05) is 23.1 Å². The molecule has 8 heteroatoms. The molecule has 4 rings (SSSR count). The number of benzene rings is 1. The lowest BCUT2D eigenvalue weighted by Crippen LogP contribution is -2.35. The van der Waals surface area contributed by atoms with Crippen molar-refractivity contribution in [3.8, 4) is 22.1 Å². The fourth-order valence-corrected chi connectivity index (χ4v) is 4.53. The maximum Gasteiger partial charge on any atom is 0.254 e. The van der Waals surface area contributed by atoms with E-state index in [4.69, 9.17) is 14.5 Å². The molecular weight excluding hydrogens is 412 g/mol. The van der Waals surface area contributed by atoms with Crippen molar-refractivity contribution in [1.29, 1.82) is 0 Å². The zero-order chi connectivity index (χ0) is 21.6. The lowest BCUT2D eigenvalue weighted by Gasteiger charge is -2.21. The predicted molar refractivity (Wildman–Crippen MR) is 121 cm³/mol. The van der Waals surface area contributed by atoms with Crippen LogP contribution in [0.15, 0.2) is 48.1 Å². The summed E-state index contributed by atoms with van der Waals surface area (Å²) in [7, 11) is 3.27. The van der Waals surface area contributed by atoms with Gasteiger partial charge >= 0.3 is 0 Å². The molecule has 3 aromatic rings. The second-order valence-electron chi connectivity index (χ2n) is 7.37. The Morgan fingerprint density at radius 2 is 1.84 bits per heavy atom. The van der Waals surface area contributed by atoms with Crippen LogP contribution in [0, 0.1) is 0 Å². The first kappa shape index (κ1) is 21.3. The zero-order valence-electron chi connectivity index (χ0n) is 17.8. The van der Waals surface area contributed by atoms with Crippen LogP contribution < -0.4 is 9.47 Å². The fraction of sp³-hybridized carbons (Fsp3) is 0.348. The predicted octanol–water partition coefficient (Wildman–Crippen LogP) is 3.57. The third kappa shape index (κ3) is 5.03. The summed E-state index contributed by atoms with van der Waals surface area (Å²) >= 11 is 1.63. The molecule has 0 N–H and O–H groups in total. The Balaban J connectivity index is 1.38. The third-order valence-corrected chi connectivity index (χ3v) is 6.31. The number of thiazole rings is 1. The summed E-state index contributed by atoms with van der Waals surface area (Å²) in [5.74, 6) is 1.48. The molecule has 0 bridgehead atoms. The SMILES string of the molecule is COc1ccc(-c2nc(CN3CCCN(C(=O)c4ccncc4)CC3)cs2)cc1OC. The van der Waals surface area contributed by atoms with Gasteiger partial charge in [-0.25, -0.2) is 4.98 Å². The van der Waals surface area contributed by atoms with Crippen molar-refractivity contribution in [2.75, 3.05) is 40.4 Å². The first-order valence-electron chi connectivity index (χ1n) is 10.3. The van der Waals surface area contributed by atoms with E-state index in [9.17, 15) is 4.79 Å². The Kier molecular flexibility index (Phi) is 6.79. The smallest absolute Gasteiger partial charge is 0.254 e. The number of carbonyl (C=O) groups excluding carboxylic acids is 1. The van der Waals surface area contributed by atoms with Crippen molar-refractivity contribution in [2.45, 2.75) is 13.0 Å². The number of hydrogen-bond donors (Lipinski definition) is 0. The van der Waals surface area contributed by atoms with E-state index >= 15 is 0 Å². The van der Waals surface area contributed by atoms with Crippen LogP contribution in [0.5, 0.6) is 11.5 Å². The highest BCUT2D eigenvalue weighted by Crippen LogP contribution is 2.33. The van der Waals surface area contributed by atoms with Gasteiger partial charge in [0, 0.05) is 61.6 Å². The number of aromatic nitrogens is 2. The Bertz CT molecular complexity index is 1020. The van der Waals surface area contributed by atoms with Crippen LogP contribution in [0.4, 0.5) is 0 Å². The molecule has 162 valence electrons. The maximum atomic E-state index is 12.7. The number of pyridine rings is 1. The van der Waals surface area contributed by atoms with Gasteiger partial charge in [0.05, 0.1) is 19.9 Å². The molecule has 2 aromatic heterocycles. The first-order chi connectivity index (χ1) is 15.2. The number of carbonyl (C=O) groups is 1. The molecule has 1 aliphatic heterocycles. The van der Waals surface area contributed by atoms with Crippen LogP contribution in [-0.2, 0) is 6.54 Å². The quantitative estimate of drug-likeness (QED) is 0.586. The van der Waals surface area contributed by atoms with Crippen LogP contribution in [0.1, 0.15) is 22.5 Å². The molecule has 31 heavy (non-hydrogen) atoms. The molecule has 7 nitrogen and oxygen atoms in total. The average Bonchev–Trinajstić information content (AvgIpc) is 3.16. The van der Waals surface area contributed by atoms with Crippen LogP contribution in [-0.4, -0.2) is 66.1 Å². The minimum Gasteiger partial charge on any atom is -0.493 e. The van der Waals surface area contributed by atoms with Gasteiger partial charge in [0.15, 0.2) is 11.5 Å². The number of hydrogen-bond acceptors (Lipinski definition) is 7. The summed E-state index contributed by atoms with van der Waals surface area (Å²) in [6.07, 6.45) is 4.27. The van der Waals surface area contributed by atoms with E-state index in [0.717, 1.165) is 48.9 Å². The van der Waals surface area contributed by atoms with Gasteiger partial charge in [-0.15, -0.1) is 11.3 Å². The van der Waals surface area contributed by atoms with Gasteiger partial charge in [-0.2, -0.15) is 0 Å². The summed E-state index contributed by atoms with van der Waals surface area (Å²) in [6, 6.07) is 9.40. The van der Waals surface area contributed by atoms with Crippen LogP contribution in [0.3, 0.4) is 0 Å². The van der Waals surface area contributed by atoms with Crippen LogP contribution in [0.25, 0.3) is 10.6 Å². The summed E-state index contributed by atoms with van der Waals surface area (Å²) in [6.45, 7) is 4.05. The summed E-state index contributed by atoms with van der Waals surface area (Å²) in [4.78, 5) is 25.9. The minimum atomic E-state index is 0.0775. The van der Waals surface area contributed by atoms with Crippen molar-refractivity contribution in [1.82, 2.24) is 19.8 Å². The Morgan fingerprint density at radius 3 is 2.61 bits per heavy atom. The number of amides is 1. The van der Waals surface area contributed by atoms with Crippen molar-refractivity contribution in [2.24, 2.45) is 0 Å². The maximum absolute atomic E-state index is 12.7. The number of rotatable bonds is 6. The van der Waals surface area contributed by atoms with E-state index in [1.54, 1.807) is 50.1 Å². The third-order valence-electron chi connectivity index (χ3n) is 5.37. The first-order valence-corrected chi connectivity index (χ1v) is 11.1. The standard InChI is InChI=1S/C23H26N4O3S/c1-29-20-5-4-18(14-21(20)30-2)22-25-19(16-31-22)15-26-10-3-11-27(13-12-26)23(28)17-6-8-24-9-7-17/h4-9,14,16H,3,10-13,15H2,1-2H3. The molecular formula is C23H26N4O3S. The van der Waals surface area contributed by atoms with Crippen LogP contribution >= 0.6 is 11.3 Å². The summed E-state index contributed by atoms with van der Waals surface area (Å²) in [5.41, 5.74) is 2.75. The normalized spacial score (nSPS) is 14.8. The summed E-state index contributed by atoms with van der Waals surface area (Å²) in [5, 5.41) is 3.07. The molecule has 0 atom stereocenters. The second-order valence-corrected chi connectivity index (χ2v) is 8.23. The molecule has 0 aliphatic carbocycles. The molecule has 1 saturated heterocycles. The Labute approximate surface area is 186 Å². The molecule has 3 heterocycles. The van der Waals surface area contributed by atoms with E-state index in [-0.39, 0.29) is 5.91 Å². The number of ether oxygens (including phenoxy) is 2. The summed E-state index contributed by atoms with van der Waals surface area (Å²) < 4.78 is 10.7. The molecule has 0 spiro atoms. The molecule has 0 unspecified atom stereocenters. The highest BCUT2D eigenvalue weighted by Gasteiger charge is 2.21. The van der Waals surface area contributed by atoms with Crippen LogP contribution in [0.2, 0.25) is 0 Å². The molecule has 1 fully saturated rings. The van der Waals surface area contributed by atoms with Gasteiger partial charge in [-0.1, -0.05) is 0 Å². The number of methoxy groups -OCH3 is 2. The van der Waals surface area contributed by atoms with Crippen molar-refractivity contribution in [3.63, 3.8) is 0 Å². The highest BCUT2D eigenvalue weighted by molar-refractivity contribution is 7.13.